The topological polar surface area (TPSA) is 96.0 Å². The zero-order valence-corrected chi connectivity index (χ0v) is 26.5. The molecule has 43 heavy (non-hydrogen) atoms. The van der Waals surface area contributed by atoms with Gasteiger partial charge in [-0.1, -0.05) is 73.7 Å². The quantitative estimate of drug-likeness (QED) is 0.262. The molecule has 0 heterocycles. The van der Waals surface area contributed by atoms with E-state index < -0.39 is 28.5 Å². The van der Waals surface area contributed by atoms with Crippen molar-refractivity contribution in [2.45, 2.75) is 75.9 Å². The number of benzene rings is 3. The van der Waals surface area contributed by atoms with Gasteiger partial charge in [-0.2, -0.15) is 0 Å². The second-order valence-corrected chi connectivity index (χ2v) is 13.2. The summed E-state index contributed by atoms with van der Waals surface area (Å²) in [4.78, 5) is 29.5. The molecule has 2 amide bonds. The lowest BCUT2D eigenvalue weighted by Gasteiger charge is -2.34. The van der Waals surface area contributed by atoms with Crippen molar-refractivity contribution in [2.24, 2.45) is 0 Å². The van der Waals surface area contributed by atoms with Gasteiger partial charge in [-0.15, -0.1) is 0 Å². The van der Waals surface area contributed by atoms with E-state index in [1.807, 2.05) is 13.8 Å². The number of nitrogens with one attached hydrogen (secondary N) is 1. The molecule has 0 bridgehead atoms. The highest BCUT2D eigenvalue weighted by atomic mass is 35.5. The zero-order valence-electron chi connectivity index (χ0n) is 25.0. The van der Waals surface area contributed by atoms with Crippen molar-refractivity contribution in [3.63, 3.8) is 0 Å². The average molecular weight is 626 g/mol. The lowest BCUT2D eigenvalue weighted by Crippen LogP contribution is -2.54. The number of hydrogen-bond donors (Lipinski definition) is 1. The van der Waals surface area contributed by atoms with Crippen LogP contribution in [0, 0.1) is 6.92 Å². The smallest absolute Gasteiger partial charge is 0.264 e. The molecule has 0 aliphatic heterocycles. The van der Waals surface area contributed by atoms with Gasteiger partial charge in [0.1, 0.15) is 18.3 Å². The first-order valence-corrected chi connectivity index (χ1v) is 16.5. The van der Waals surface area contributed by atoms with E-state index in [1.165, 1.54) is 24.1 Å². The van der Waals surface area contributed by atoms with Crippen molar-refractivity contribution in [1.82, 2.24) is 10.2 Å². The Morgan fingerprint density at radius 3 is 2.30 bits per heavy atom. The molecule has 3 aromatic carbocycles. The molecule has 1 saturated carbocycles. The number of ether oxygens (including phenoxy) is 1. The molecule has 0 saturated heterocycles. The minimum atomic E-state index is -4.17. The maximum atomic E-state index is 14.3. The van der Waals surface area contributed by atoms with Crippen LogP contribution in [-0.4, -0.2) is 50.9 Å². The normalized spacial score (nSPS) is 14.5. The molecule has 3 aromatic rings. The fourth-order valence-corrected chi connectivity index (χ4v) is 6.91. The first kappa shape index (κ1) is 32.4. The molecule has 1 atom stereocenters. The predicted molar refractivity (Wildman–Crippen MR) is 170 cm³/mol. The van der Waals surface area contributed by atoms with Crippen LogP contribution in [0.25, 0.3) is 0 Å². The first-order chi connectivity index (χ1) is 20.6. The van der Waals surface area contributed by atoms with Gasteiger partial charge in [0.2, 0.25) is 11.8 Å². The Kier molecular flexibility index (Phi) is 11.1. The number of aryl methyl sites for hydroxylation is 1. The molecule has 1 aliphatic carbocycles. The van der Waals surface area contributed by atoms with Crippen LogP contribution in [0.5, 0.6) is 5.75 Å². The Morgan fingerprint density at radius 1 is 1.00 bits per heavy atom. The highest BCUT2D eigenvalue weighted by Crippen LogP contribution is 2.28. The van der Waals surface area contributed by atoms with Crippen molar-refractivity contribution in [1.29, 1.82) is 0 Å². The fourth-order valence-electron chi connectivity index (χ4n) is 5.38. The summed E-state index contributed by atoms with van der Waals surface area (Å²) in [5.74, 6) is -0.282. The Bertz CT molecular complexity index is 1490. The third kappa shape index (κ3) is 8.30. The molecule has 0 aromatic heterocycles. The zero-order chi connectivity index (χ0) is 31.0. The van der Waals surface area contributed by atoms with Crippen LogP contribution in [-0.2, 0) is 26.2 Å². The molecule has 230 valence electrons. The lowest BCUT2D eigenvalue weighted by molar-refractivity contribution is -0.140. The summed E-state index contributed by atoms with van der Waals surface area (Å²) >= 11 is 6.11. The van der Waals surface area contributed by atoms with Crippen molar-refractivity contribution in [2.75, 3.05) is 18.0 Å². The van der Waals surface area contributed by atoms with Crippen LogP contribution in [0.4, 0.5) is 5.69 Å². The second kappa shape index (κ2) is 14.8. The Balaban J connectivity index is 1.71. The van der Waals surface area contributed by atoms with Crippen molar-refractivity contribution < 1.29 is 22.7 Å². The maximum Gasteiger partial charge on any atom is 0.264 e. The van der Waals surface area contributed by atoms with Gasteiger partial charge in [0.15, 0.2) is 0 Å². The molecule has 1 fully saturated rings. The summed E-state index contributed by atoms with van der Waals surface area (Å²) in [6.45, 7) is 3.33. The maximum absolute atomic E-state index is 14.3. The van der Waals surface area contributed by atoms with Gasteiger partial charge in [0.25, 0.3) is 10.0 Å². The number of hydrogen-bond acceptors (Lipinski definition) is 5. The van der Waals surface area contributed by atoms with Crippen molar-refractivity contribution in [3.8, 4) is 5.75 Å². The summed E-state index contributed by atoms with van der Waals surface area (Å²) in [7, 11) is -2.67. The highest BCUT2D eigenvalue weighted by Gasteiger charge is 2.34. The molecule has 0 spiro atoms. The largest absolute Gasteiger partial charge is 0.497 e. The van der Waals surface area contributed by atoms with Crippen LogP contribution >= 0.6 is 11.6 Å². The number of methoxy groups -OCH3 is 1. The van der Waals surface area contributed by atoms with Gasteiger partial charge in [0, 0.05) is 23.7 Å². The van der Waals surface area contributed by atoms with Crippen molar-refractivity contribution in [3.05, 3.63) is 88.9 Å². The molecule has 0 unspecified atom stereocenters. The lowest BCUT2D eigenvalue weighted by atomic mass is 9.95. The average Bonchev–Trinajstić information content (AvgIpc) is 3.01. The van der Waals surface area contributed by atoms with Crippen LogP contribution in [0.1, 0.15) is 56.6 Å². The van der Waals surface area contributed by atoms with Crippen LogP contribution in [0.3, 0.4) is 0 Å². The van der Waals surface area contributed by atoms with Gasteiger partial charge in [-0.25, -0.2) is 8.42 Å². The molecule has 1 aliphatic rings. The predicted octanol–water partition coefficient (Wildman–Crippen LogP) is 6.11. The van der Waals surface area contributed by atoms with E-state index in [2.05, 4.69) is 5.32 Å². The number of carbonyl (C=O) groups is 2. The standard InChI is InChI=1S/C33H40ClN3O5S/c1-4-31(33(39)35-27-9-6-5-7-10-27)36(22-25-15-17-26(34)18-16-25)32(38)23-37(28-11-8-12-29(21-28)42-3)43(40,41)30-19-13-24(2)14-20-30/h8,11-21,27,31H,4-7,9-10,22-23H2,1-3H3,(H,35,39)/t31-/m0/s1. The molecular weight excluding hydrogens is 586 g/mol. The van der Waals surface area contributed by atoms with Gasteiger partial charge in [0.05, 0.1) is 17.7 Å². The molecule has 10 heteroatoms. The fraction of sp³-hybridized carbons (Fsp3) is 0.394. The molecular formula is C33H40ClN3O5S. The van der Waals surface area contributed by atoms with Gasteiger partial charge < -0.3 is 15.0 Å². The molecule has 1 N–H and O–H groups in total. The third-order valence-electron chi connectivity index (χ3n) is 7.83. The third-order valence-corrected chi connectivity index (χ3v) is 9.87. The molecule has 4 rings (SSSR count). The summed E-state index contributed by atoms with van der Waals surface area (Å²) in [5.41, 5.74) is 1.96. The molecule has 8 nitrogen and oxygen atoms in total. The monoisotopic (exact) mass is 625 g/mol. The van der Waals surface area contributed by atoms with E-state index >= 15 is 0 Å². The van der Waals surface area contributed by atoms with E-state index in [4.69, 9.17) is 16.3 Å². The number of halogens is 1. The van der Waals surface area contributed by atoms with E-state index in [-0.39, 0.29) is 29.1 Å². The first-order valence-electron chi connectivity index (χ1n) is 14.7. The summed E-state index contributed by atoms with van der Waals surface area (Å²) in [6, 6.07) is 19.4. The highest BCUT2D eigenvalue weighted by molar-refractivity contribution is 7.92. The van der Waals surface area contributed by atoms with E-state index in [9.17, 15) is 18.0 Å². The summed E-state index contributed by atoms with van der Waals surface area (Å²) < 4.78 is 34.6. The second-order valence-electron chi connectivity index (χ2n) is 10.9. The van der Waals surface area contributed by atoms with Crippen molar-refractivity contribution >= 4 is 39.1 Å². The number of nitrogens with zero attached hydrogens (tertiary/aromatic N) is 2. The number of sulfonamides is 1. The van der Waals surface area contributed by atoms with Crippen LogP contribution in [0.2, 0.25) is 5.02 Å². The van der Waals surface area contributed by atoms with Crippen LogP contribution < -0.4 is 14.4 Å². The SMILES string of the molecule is CC[C@@H](C(=O)NC1CCCCC1)N(Cc1ccc(Cl)cc1)C(=O)CN(c1cccc(OC)c1)S(=O)(=O)c1ccc(C)cc1. The number of amides is 2. The Morgan fingerprint density at radius 2 is 1.67 bits per heavy atom. The molecule has 0 radical (unpaired) electrons. The summed E-state index contributed by atoms with van der Waals surface area (Å²) in [5, 5.41) is 3.71. The minimum absolute atomic E-state index is 0.0556. The van der Waals surface area contributed by atoms with E-state index in [1.54, 1.807) is 60.7 Å². The van der Waals surface area contributed by atoms with Crippen LogP contribution in [0.15, 0.2) is 77.7 Å². The number of carbonyl (C=O) groups excluding carboxylic acids is 2. The van der Waals surface area contributed by atoms with Gasteiger partial charge >= 0.3 is 0 Å². The summed E-state index contributed by atoms with van der Waals surface area (Å²) in [6.07, 6.45) is 5.45. The number of rotatable bonds is 12. The van der Waals surface area contributed by atoms with E-state index in [0.29, 0.717) is 17.2 Å². The Labute approximate surface area is 260 Å². The minimum Gasteiger partial charge on any atom is -0.497 e. The van der Waals surface area contributed by atoms with Gasteiger partial charge in [-0.3, -0.25) is 13.9 Å². The van der Waals surface area contributed by atoms with Gasteiger partial charge in [-0.05, 0) is 68.1 Å². The Hall–Kier alpha value is -3.56. The number of anilines is 1. The van der Waals surface area contributed by atoms with E-state index in [0.717, 1.165) is 47.5 Å².